The van der Waals surface area contributed by atoms with Crippen LogP contribution in [0.25, 0.3) is 0 Å². The van der Waals surface area contributed by atoms with Crippen LogP contribution in [0.2, 0.25) is 0 Å². The standard InChI is InChI=1S/C56H93O9P/c1-42(2)21-12-22-43(3)23-13-24-44(4)25-14-26-45(5)27-15-28-46(6)29-16-30-47(7)31-17-32-48(8)33-18-34-49(9)35-19-36-50(10)37-20-38-51(11)39-40-63-66(61,62)65-56-55(60)54(59)53(58)52(41-57)64-56/h21,23,25,27,29,31,33,35,37,39,52-60H,12-20,22,24,26,28,30,32,34,36,38,40-41H2,1-11H3,(H,61,62)/p-1/b43-23+,44-25-,45-27-,46-29-,47-31-,48-33-,49-35-,50-37-,51-39-/t52-,53-,54+,55+,56+/m1/s1. The van der Waals surface area contributed by atoms with E-state index in [-0.39, 0.29) is 6.61 Å². The number of ether oxygens (including phenoxy) is 1. The van der Waals surface area contributed by atoms with Crippen LogP contribution in [0.5, 0.6) is 0 Å². The second-order valence-corrected chi connectivity index (χ2v) is 20.5. The van der Waals surface area contributed by atoms with Crippen molar-refractivity contribution in [1.29, 1.82) is 0 Å². The molecule has 1 rings (SSSR count). The molecule has 1 aliphatic heterocycles. The minimum Gasteiger partial charge on any atom is -0.756 e. The van der Waals surface area contributed by atoms with Crippen LogP contribution in [0.4, 0.5) is 0 Å². The zero-order chi connectivity index (χ0) is 49.5. The van der Waals surface area contributed by atoms with E-state index < -0.39 is 45.1 Å². The Balaban J connectivity index is 2.27. The van der Waals surface area contributed by atoms with E-state index in [1.807, 2.05) is 6.92 Å². The van der Waals surface area contributed by atoms with Crippen LogP contribution in [-0.4, -0.2) is 64.3 Å². The van der Waals surface area contributed by atoms with Gasteiger partial charge in [-0.25, -0.2) is 0 Å². The van der Waals surface area contributed by atoms with Crippen LogP contribution in [0.15, 0.2) is 116 Å². The Kier molecular flexibility index (Phi) is 32.9. The molecule has 0 aliphatic carbocycles. The van der Waals surface area contributed by atoms with Gasteiger partial charge in [0, 0.05) is 0 Å². The fraction of sp³-hybridized carbons (Fsp3) is 0.643. The zero-order valence-corrected chi connectivity index (χ0v) is 44.0. The molecule has 0 aromatic carbocycles. The lowest BCUT2D eigenvalue weighted by atomic mass is 10.00. The van der Waals surface area contributed by atoms with Crippen molar-refractivity contribution in [3.8, 4) is 0 Å². The van der Waals surface area contributed by atoms with Crippen LogP contribution in [0, 0.1) is 0 Å². The Bertz CT molecular complexity index is 1770. The first-order valence-corrected chi connectivity index (χ1v) is 26.2. The van der Waals surface area contributed by atoms with E-state index in [9.17, 15) is 29.9 Å². The van der Waals surface area contributed by atoms with Gasteiger partial charge in [-0.15, -0.1) is 0 Å². The van der Waals surface area contributed by atoms with Gasteiger partial charge in [0.1, 0.15) is 24.4 Å². The summed E-state index contributed by atoms with van der Waals surface area (Å²) in [6, 6.07) is 0. The highest BCUT2D eigenvalue weighted by molar-refractivity contribution is 7.45. The molecule has 0 radical (unpaired) electrons. The van der Waals surface area contributed by atoms with Crippen molar-refractivity contribution in [3.05, 3.63) is 116 Å². The lowest BCUT2D eigenvalue weighted by Crippen LogP contribution is -2.59. The highest BCUT2D eigenvalue weighted by atomic mass is 31.2. The molecule has 1 fully saturated rings. The fourth-order valence-corrected chi connectivity index (χ4v) is 8.21. The summed E-state index contributed by atoms with van der Waals surface area (Å²) in [5.74, 6) is 0. The molecule has 9 nitrogen and oxygen atoms in total. The van der Waals surface area contributed by atoms with Crippen LogP contribution < -0.4 is 4.89 Å². The van der Waals surface area contributed by atoms with Crippen molar-refractivity contribution >= 4 is 7.82 Å². The summed E-state index contributed by atoms with van der Waals surface area (Å²) in [6.07, 6.45) is 34.0. The highest BCUT2D eigenvalue weighted by Gasteiger charge is 2.45. The molecule has 0 amide bonds. The Labute approximate surface area is 402 Å². The SMILES string of the molecule is CC(C)=CCC/C(C)=C/CC/C(C)=C\CC/C(C)=C\CC/C(C)=C\CC/C(C)=C\CC/C(C)=C\CC/C(C)=C\CC/C(C)=C\CC/C(C)=C\COP(=O)([O-])O[C@@H]1O[C@H](CO)[C@@H](O)[C@H](O)[C@@H]1O. The van der Waals surface area contributed by atoms with Crippen LogP contribution in [0.1, 0.15) is 192 Å². The molecular weight excluding hydrogens is 848 g/mol. The molecular formula is C56H92O9P-. The van der Waals surface area contributed by atoms with E-state index in [1.165, 1.54) is 56.6 Å². The molecule has 1 aliphatic rings. The molecule has 0 bridgehead atoms. The topological polar surface area (TPSA) is 149 Å². The largest absolute Gasteiger partial charge is 0.756 e. The second-order valence-electron chi connectivity index (χ2n) is 19.1. The second kappa shape index (κ2) is 35.4. The molecule has 0 aromatic heterocycles. The Morgan fingerprint density at radius 2 is 0.727 bits per heavy atom. The van der Waals surface area contributed by atoms with Crippen molar-refractivity contribution in [2.75, 3.05) is 13.2 Å². The monoisotopic (exact) mass is 940 g/mol. The number of aliphatic hydroxyl groups is 4. The molecule has 0 spiro atoms. The zero-order valence-electron chi connectivity index (χ0n) is 43.1. The average Bonchev–Trinajstić information content (AvgIpc) is 3.23. The summed E-state index contributed by atoms with van der Waals surface area (Å²) < 4.78 is 27.0. The van der Waals surface area contributed by atoms with Gasteiger partial charge in [-0.1, -0.05) is 116 Å². The van der Waals surface area contributed by atoms with Crippen molar-refractivity contribution in [2.45, 2.75) is 222 Å². The number of phosphoric acid groups is 1. The van der Waals surface area contributed by atoms with Gasteiger partial charge in [0.05, 0.1) is 13.2 Å². The number of aliphatic hydroxyl groups excluding tert-OH is 4. The minimum atomic E-state index is -4.92. The van der Waals surface area contributed by atoms with Gasteiger partial charge in [-0.05, 0) is 192 Å². The van der Waals surface area contributed by atoms with E-state index in [2.05, 4.69) is 124 Å². The molecule has 0 saturated carbocycles. The molecule has 6 atom stereocenters. The first-order chi connectivity index (χ1) is 31.2. The Hall–Kier alpha value is -2.69. The van der Waals surface area contributed by atoms with E-state index in [4.69, 9.17) is 13.8 Å². The Morgan fingerprint density at radius 1 is 0.455 bits per heavy atom. The maximum atomic E-state index is 12.3. The predicted molar refractivity (Wildman–Crippen MR) is 275 cm³/mol. The van der Waals surface area contributed by atoms with Crippen molar-refractivity contribution < 1.29 is 43.7 Å². The summed E-state index contributed by atoms with van der Waals surface area (Å²) in [7, 11) is -4.92. The molecule has 1 saturated heterocycles. The van der Waals surface area contributed by atoms with E-state index in [0.29, 0.717) is 0 Å². The molecule has 1 unspecified atom stereocenters. The summed E-state index contributed by atoms with van der Waals surface area (Å²) in [6.45, 7) is 23.2. The number of phosphoric ester groups is 1. The fourth-order valence-electron chi connectivity index (χ4n) is 7.46. The molecule has 1 heterocycles. The Morgan fingerprint density at radius 3 is 1.00 bits per heavy atom. The molecule has 0 aromatic rings. The first-order valence-electron chi connectivity index (χ1n) is 24.7. The summed E-state index contributed by atoms with van der Waals surface area (Å²) >= 11 is 0. The van der Waals surface area contributed by atoms with Gasteiger partial charge in [0.15, 0.2) is 6.29 Å². The van der Waals surface area contributed by atoms with Gasteiger partial charge in [0.25, 0.3) is 7.82 Å². The van der Waals surface area contributed by atoms with Gasteiger partial charge < -0.3 is 34.6 Å². The maximum absolute atomic E-state index is 12.3. The van der Waals surface area contributed by atoms with Crippen LogP contribution >= 0.6 is 7.82 Å². The van der Waals surface area contributed by atoms with Crippen molar-refractivity contribution in [1.82, 2.24) is 0 Å². The van der Waals surface area contributed by atoms with E-state index in [0.717, 1.165) is 115 Å². The highest BCUT2D eigenvalue weighted by Crippen LogP contribution is 2.42. The smallest absolute Gasteiger partial charge is 0.270 e. The van der Waals surface area contributed by atoms with Crippen LogP contribution in [-0.2, 0) is 18.3 Å². The lowest BCUT2D eigenvalue weighted by Gasteiger charge is -2.41. The molecule has 376 valence electrons. The van der Waals surface area contributed by atoms with Gasteiger partial charge in [0.2, 0.25) is 0 Å². The quantitative estimate of drug-likeness (QED) is 0.0373. The van der Waals surface area contributed by atoms with E-state index >= 15 is 0 Å². The van der Waals surface area contributed by atoms with Crippen LogP contribution in [0.3, 0.4) is 0 Å². The number of hydrogen-bond acceptors (Lipinski definition) is 9. The van der Waals surface area contributed by atoms with Crippen molar-refractivity contribution in [3.63, 3.8) is 0 Å². The van der Waals surface area contributed by atoms with E-state index in [1.54, 1.807) is 6.08 Å². The minimum absolute atomic E-state index is 0.269. The number of allylic oxidation sites excluding steroid dienone is 19. The number of hydrogen-bond donors (Lipinski definition) is 4. The van der Waals surface area contributed by atoms with Gasteiger partial charge >= 0.3 is 0 Å². The molecule has 10 heteroatoms. The average molecular weight is 940 g/mol. The third kappa shape index (κ3) is 30.6. The summed E-state index contributed by atoms with van der Waals surface area (Å²) in [5.41, 5.74) is 14.0. The molecule has 66 heavy (non-hydrogen) atoms. The first kappa shape index (κ1) is 61.3. The predicted octanol–water partition coefficient (Wildman–Crippen LogP) is 13.8. The number of rotatable bonds is 33. The van der Waals surface area contributed by atoms with Gasteiger partial charge in [-0.3, -0.25) is 9.09 Å². The maximum Gasteiger partial charge on any atom is 0.270 e. The third-order valence-electron chi connectivity index (χ3n) is 12.1. The normalized spacial score (nSPS) is 22.2. The summed E-state index contributed by atoms with van der Waals surface area (Å²) in [5, 5.41) is 39.0. The summed E-state index contributed by atoms with van der Waals surface area (Å²) in [4.78, 5) is 12.3. The van der Waals surface area contributed by atoms with Gasteiger partial charge in [-0.2, -0.15) is 0 Å². The lowest BCUT2D eigenvalue weighted by molar-refractivity contribution is -0.304. The molecule has 4 N–H and O–H groups in total. The van der Waals surface area contributed by atoms with Crippen molar-refractivity contribution in [2.24, 2.45) is 0 Å². The third-order valence-corrected chi connectivity index (χ3v) is 13.0.